The van der Waals surface area contributed by atoms with Gasteiger partial charge in [0.25, 0.3) is 0 Å². The Morgan fingerprint density at radius 2 is 2.13 bits per heavy atom. The van der Waals surface area contributed by atoms with Crippen molar-refractivity contribution >= 4 is 0 Å². The first-order chi connectivity index (χ1) is 7.11. The lowest BCUT2D eigenvalue weighted by molar-refractivity contribution is 0.348. The van der Waals surface area contributed by atoms with Gasteiger partial charge in [0.05, 0.1) is 6.61 Å². The number of rotatable bonds is 3. The summed E-state index contributed by atoms with van der Waals surface area (Å²) in [5, 5.41) is 0. The van der Waals surface area contributed by atoms with E-state index in [1.807, 2.05) is 0 Å². The van der Waals surface area contributed by atoms with Gasteiger partial charge in [-0.3, -0.25) is 0 Å². The first-order valence-corrected chi connectivity index (χ1v) is 5.85. The van der Waals surface area contributed by atoms with E-state index < -0.39 is 0 Å². The van der Waals surface area contributed by atoms with Crippen LogP contribution in [0.4, 0.5) is 0 Å². The molecule has 0 saturated heterocycles. The van der Waals surface area contributed by atoms with Crippen LogP contribution in [-0.2, 0) is 12.8 Å². The average molecular weight is 204 g/mol. The maximum Gasteiger partial charge on any atom is 0.122 e. The van der Waals surface area contributed by atoms with Gasteiger partial charge in [-0.25, -0.2) is 0 Å². The van der Waals surface area contributed by atoms with Crippen LogP contribution in [0.3, 0.4) is 0 Å². The zero-order valence-electron chi connectivity index (χ0n) is 9.97. The summed E-state index contributed by atoms with van der Waals surface area (Å²) in [6.45, 7) is 7.78. The monoisotopic (exact) mass is 204 g/mol. The highest BCUT2D eigenvalue weighted by atomic mass is 16.5. The van der Waals surface area contributed by atoms with Gasteiger partial charge in [0.1, 0.15) is 5.75 Å². The SMILES string of the molecule is CCC(C)(C)Cc1ccc2c(c1)CCO2. The largest absolute Gasteiger partial charge is 0.493 e. The van der Waals surface area contributed by atoms with E-state index >= 15 is 0 Å². The Kier molecular flexibility index (Phi) is 2.72. The molecule has 1 aliphatic rings. The molecule has 1 aliphatic heterocycles. The van der Waals surface area contributed by atoms with Crippen molar-refractivity contribution in [2.24, 2.45) is 5.41 Å². The van der Waals surface area contributed by atoms with Gasteiger partial charge in [-0.15, -0.1) is 0 Å². The van der Waals surface area contributed by atoms with Crippen LogP contribution >= 0.6 is 0 Å². The van der Waals surface area contributed by atoms with Crippen LogP contribution in [0.5, 0.6) is 5.75 Å². The molecule has 2 rings (SSSR count). The van der Waals surface area contributed by atoms with Gasteiger partial charge in [0, 0.05) is 6.42 Å². The average Bonchev–Trinajstić information content (AvgIpc) is 2.64. The Hall–Kier alpha value is -0.980. The van der Waals surface area contributed by atoms with E-state index in [-0.39, 0.29) is 0 Å². The lowest BCUT2D eigenvalue weighted by atomic mass is 9.83. The molecule has 0 fully saturated rings. The zero-order chi connectivity index (χ0) is 10.9. The van der Waals surface area contributed by atoms with Crippen molar-refractivity contribution < 1.29 is 4.74 Å². The van der Waals surface area contributed by atoms with Crippen molar-refractivity contribution in [3.8, 4) is 5.75 Å². The summed E-state index contributed by atoms with van der Waals surface area (Å²) < 4.78 is 5.51. The predicted octanol–water partition coefficient (Wildman–Crippen LogP) is 3.60. The van der Waals surface area contributed by atoms with Gasteiger partial charge in [0.2, 0.25) is 0 Å². The second kappa shape index (κ2) is 3.88. The van der Waals surface area contributed by atoms with Crippen molar-refractivity contribution in [3.05, 3.63) is 29.3 Å². The van der Waals surface area contributed by atoms with Gasteiger partial charge in [-0.2, -0.15) is 0 Å². The molecule has 0 atom stereocenters. The molecule has 0 unspecified atom stereocenters. The summed E-state index contributed by atoms with van der Waals surface area (Å²) in [7, 11) is 0. The molecule has 0 spiro atoms. The number of hydrogen-bond acceptors (Lipinski definition) is 1. The van der Waals surface area contributed by atoms with Crippen LogP contribution in [0.15, 0.2) is 18.2 Å². The van der Waals surface area contributed by atoms with E-state index in [9.17, 15) is 0 Å². The minimum atomic E-state index is 0.410. The lowest BCUT2D eigenvalue weighted by Gasteiger charge is -2.22. The molecule has 0 radical (unpaired) electrons. The highest BCUT2D eigenvalue weighted by molar-refractivity contribution is 5.40. The molecule has 1 aromatic carbocycles. The summed E-state index contributed by atoms with van der Waals surface area (Å²) in [6.07, 6.45) is 3.47. The lowest BCUT2D eigenvalue weighted by Crippen LogP contribution is -2.13. The molecule has 0 N–H and O–H groups in total. The van der Waals surface area contributed by atoms with Crippen LogP contribution in [0.1, 0.15) is 38.3 Å². The molecule has 0 amide bonds. The Balaban J connectivity index is 2.17. The van der Waals surface area contributed by atoms with Crippen molar-refractivity contribution in [2.45, 2.75) is 40.0 Å². The highest BCUT2D eigenvalue weighted by Gasteiger charge is 2.18. The Bertz CT molecular complexity index is 352. The summed E-state index contributed by atoms with van der Waals surface area (Å²) in [5.41, 5.74) is 3.25. The minimum absolute atomic E-state index is 0.410. The van der Waals surface area contributed by atoms with Gasteiger partial charge in [-0.05, 0) is 29.0 Å². The molecule has 15 heavy (non-hydrogen) atoms. The molecule has 1 heteroatoms. The first kappa shape index (κ1) is 10.5. The third-order valence-electron chi connectivity index (χ3n) is 3.39. The van der Waals surface area contributed by atoms with Crippen LogP contribution in [0.2, 0.25) is 0 Å². The second-order valence-electron chi connectivity index (χ2n) is 5.24. The normalized spacial score (nSPS) is 14.9. The molecule has 1 aromatic rings. The summed E-state index contributed by atoms with van der Waals surface area (Å²) in [6, 6.07) is 6.66. The molecule has 0 bridgehead atoms. The van der Waals surface area contributed by atoms with Gasteiger partial charge < -0.3 is 4.74 Å². The van der Waals surface area contributed by atoms with Crippen molar-refractivity contribution in [1.82, 2.24) is 0 Å². The summed E-state index contributed by atoms with van der Waals surface area (Å²) in [5.74, 6) is 1.09. The van der Waals surface area contributed by atoms with E-state index in [1.54, 1.807) is 0 Å². The maximum absolute atomic E-state index is 5.51. The molecule has 0 aromatic heterocycles. The highest BCUT2D eigenvalue weighted by Crippen LogP contribution is 2.30. The molecule has 1 heterocycles. The van der Waals surface area contributed by atoms with E-state index in [4.69, 9.17) is 4.74 Å². The third kappa shape index (κ3) is 2.34. The van der Waals surface area contributed by atoms with Crippen molar-refractivity contribution in [2.75, 3.05) is 6.61 Å². The first-order valence-electron chi connectivity index (χ1n) is 5.85. The van der Waals surface area contributed by atoms with Crippen LogP contribution in [-0.4, -0.2) is 6.61 Å². The molecular formula is C14H20O. The summed E-state index contributed by atoms with van der Waals surface area (Å²) in [4.78, 5) is 0. The predicted molar refractivity (Wildman–Crippen MR) is 63.4 cm³/mol. The van der Waals surface area contributed by atoms with Gasteiger partial charge in [-0.1, -0.05) is 39.3 Å². The third-order valence-corrected chi connectivity index (χ3v) is 3.39. The number of fused-ring (bicyclic) bond motifs is 1. The molecule has 0 saturated carbocycles. The van der Waals surface area contributed by atoms with E-state index in [0.717, 1.165) is 25.2 Å². The van der Waals surface area contributed by atoms with Crippen molar-refractivity contribution in [3.63, 3.8) is 0 Å². The molecular weight excluding hydrogens is 184 g/mol. The number of hydrogen-bond donors (Lipinski definition) is 0. The Morgan fingerprint density at radius 1 is 1.33 bits per heavy atom. The fraction of sp³-hybridized carbons (Fsp3) is 0.571. The topological polar surface area (TPSA) is 9.23 Å². The Morgan fingerprint density at radius 3 is 2.87 bits per heavy atom. The van der Waals surface area contributed by atoms with Crippen LogP contribution in [0, 0.1) is 5.41 Å². The van der Waals surface area contributed by atoms with Crippen molar-refractivity contribution in [1.29, 1.82) is 0 Å². The van der Waals surface area contributed by atoms with Gasteiger partial charge in [0.15, 0.2) is 0 Å². The zero-order valence-corrected chi connectivity index (χ0v) is 9.97. The number of ether oxygens (including phenoxy) is 1. The summed E-state index contributed by atoms with van der Waals surface area (Å²) >= 11 is 0. The van der Waals surface area contributed by atoms with Gasteiger partial charge >= 0.3 is 0 Å². The minimum Gasteiger partial charge on any atom is -0.493 e. The second-order valence-corrected chi connectivity index (χ2v) is 5.24. The number of benzene rings is 1. The Labute approximate surface area is 92.5 Å². The fourth-order valence-corrected chi connectivity index (χ4v) is 2.03. The van der Waals surface area contributed by atoms with E-state index in [1.165, 1.54) is 17.5 Å². The standard InChI is InChI=1S/C14H20O/c1-4-14(2,3)10-11-5-6-13-12(9-11)7-8-15-13/h5-6,9H,4,7-8,10H2,1-3H3. The van der Waals surface area contributed by atoms with E-state index in [0.29, 0.717) is 5.41 Å². The molecule has 82 valence electrons. The van der Waals surface area contributed by atoms with Crippen LogP contribution in [0.25, 0.3) is 0 Å². The molecule has 1 nitrogen and oxygen atoms in total. The van der Waals surface area contributed by atoms with Crippen LogP contribution < -0.4 is 4.74 Å². The maximum atomic E-state index is 5.51. The fourth-order valence-electron chi connectivity index (χ4n) is 2.03. The quantitative estimate of drug-likeness (QED) is 0.731. The van der Waals surface area contributed by atoms with E-state index in [2.05, 4.69) is 39.0 Å². The molecule has 0 aliphatic carbocycles. The smallest absolute Gasteiger partial charge is 0.122 e.